The summed E-state index contributed by atoms with van der Waals surface area (Å²) < 4.78 is 47.7. The van der Waals surface area contributed by atoms with E-state index < -0.39 is 17.0 Å². The van der Waals surface area contributed by atoms with Crippen LogP contribution in [0.25, 0.3) is 0 Å². The summed E-state index contributed by atoms with van der Waals surface area (Å²) in [4.78, 5) is 28.1. The van der Waals surface area contributed by atoms with Crippen LogP contribution >= 0.6 is 0 Å². The molecule has 0 radical (unpaired) electrons. The molecule has 0 N–H and O–H groups in total. The zero-order valence-electron chi connectivity index (χ0n) is 18.4. The zero-order valence-corrected chi connectivity index (χ0v) is 18.4. The largest absolute Gasteiger partial charge is 0.487 e. The number of carbonyl (C=O) groups is 1. The molecule has 2 aliphatic carbocycles. The van der Waals surface area contributed by atoms with E-state index >= 15 is 0 Å². The van der Waals surface area contributed by atoms with E-state index in [1.54, 1.807) is 35.9 Å². The van der Waals surface area contributed by atoms with Gasteiger partial charge in [0.1, 0.15) is 17.5 Å². The molecule has 34 heavy (non-hydrogen) atoms. The van der Waals surface area contributed by atoms with Crippen molar-refractivity contribution in [1.29, 1.82) is 0 Å². The van der Waals surface area contributed by atoms with Crippen LogP contribution < -0.4 is 4.74 Å². The Bertz CT molecular complexity index is 1200. The van der Waals surface area contributed by atoms with E-state index in [0.717, 1.165) is 12.0 Å². The average molecular weight is 468 g/mol. The number of hydrogen-bond donors (Lipinski definition) is 0. The highest BCUT2D eigenvalue weighted by atomic mass is 19.4. The van der Waals surface area contributed by atoms with E-state index in [1.165, 1.54) is 0 Å². The smallest absolute Gasteiger partial charge is 0.394 e. The molecular formula is C25H23F3N4O2. The Labute approximate surface area is 194 Å². The van der Waals surface area contributed by atoms with Gasteiger partial charge in [0.25, 0.3) is 0 Å². The minimum atomic E-state index is -4.26. The van der Waals surface area contributed by atoms with Gasteiger partial charge in [-0.15, -0.1) is 0 Å². The van der Waals surface area contributed by atoms with Crippen molar-refractivity contribution in [3.63, 3.8) is 0 Å². The summed E-state index contributed by atoms with van der Waals surface area (Å²) in [5.41, 5.74) is -0.730. The summed E-state index contributed by atoms with van der Waals surface area (Å²) in [6, 6.07) is -0.275. The molecule has 4 bridgehead atoms. The second kappa shape index (κ2) is 7.42. The van der Waals surface area contributed by atoms with Gasteiger partial charge in [0, 0.05) is 30.4 Å². The minimum Gasteiger partial charge on any atom is -0.487 e. The maximum Gasteiger partial charge on any atom is 0.394 e. The summed E-state index contributed by atoms with van der Waals surface area (Å²) in [5.74, 6) is 6.48. The molecule has 2 aromatic heterocycles. The van der Waals surface area contributed by atoms with Crippen molar-refractivity contribution in [3.8, 4) is 17.6 Å². The maximum absolute atomic E-state index is 13.8. The van der Waals surface area contributed by atoms with Gasteiger partial charge in [-0.3, -0.25) is 14.8 Å². The first-order valence-corrected chi connectivity index (χ1v) is 11.6. The summed E-state index contributed by atoms with van der Waals surface area (Å²) in [6.45, 7) is 0.371. The number of amides is 1. The molecule has 176 valence electrons. The third-order valence-electron chi connectivity index (χ3n) is 8.15. The Balaban J connectivity index is 1.33. The highest BCUT2D eigenvalue weighted by Crippen LogP contribution is 2.68. The van der Waals surface area contributed by atoms with Crippen molar-refractivity contribution in [3.05, 3.63) is 47.8 Å². The molecule has 9 heteroatoms. The summed E-state index contributed by atoms with van der Waals surface area (Å²) in [6.07, 6.45) is 5.58. The number of piperidine rings is 1. The molecule has 2 saturated carbocycles. The molecule has 5 heterocycles. The van der Waals surface area contributed by atoms with Crippen LogP contribution in [0.1, 0.15) is 67.8 Å². The third-order valence-corrected chi connectivity index (χ3v) is 8.15. The number of rotatable bonds is 1. The molecule has 3 aliphatic heterocycles. The predicted octanol–water partition coefficient (Wildman–Crippen LogP) is 4.21. The van der Waals surface area contributed by atoms with Crippen LogP contribution in [0.4, 0.5) is 13.2 Å². The number of halogens is 3. The lowest BCUT2D eigenvalue weighted by atomic mass is 9.80. The number of fused-ring (bicyclic) bond motifs is 4. The topological polar surface area (TPSA) is 68.2 Å². The number of nitrogens with zero attached hydrogens (tertiary/aromatic N) is 4. The lowest BCUT2D eigenvalue weighted by Crippen LogP contribution is -2.49. The fourth-order valence-corrected chi connectivity index (χ4v) is 6.35. The lowest BCUT2D eigenvalue weighted by Gasteiger charge is -2.40. The average Bonchev–Trinajstić information content (AvgIpc) is 3.33. The van der Waals surface area contributed by atoms with Gasteiger partial charge in [-0.1, -0.05) is 5.92 Å². The number of alkyl halides is 3. The first-order valence-electron chi connectivity index (χ1n) is 11.6. The minimum absolute atomic E-state index is 0.0426. The van der Waals surface area contributed by atoms with Gasteiger partial charge in [0.05, 0.1) is 35.2 Å². The molecular weight excluding hydrogens is 445 g/mol. The van der Waals surface area contributed by atoms with Crippen molar-refractivity contribution in [2.45, 2.75) is 63.3 Å². The van der Waals surface area contributed by atoms with E-state index in [1.807, 2.05) is 0 Å². The first kappa shape index (κ1) is 21.4. The van der Waals surface area contributed by atoms with Gasteiger partial charge in [0.15, 0.2) is 0 Å². The SMILES string of the molecule is O=C(N1C[C@@H]2CC[C@H]1c1cncc(C#Cc3cnccn3)c1O2)C12CCC(C(F)(F)F)(CC1)C2. The van der Waals surface area contributed by atoms with E-state index in [-0.39, 0.29) is 37.3 Å². The Morgan fingerprint density at radius 2 is 1.88 bits per heavy atom. The van der Waals surface area contributed by atoms with E-state index in [0.29, 0.717) is 42.8 Å². The van der Waals surface area contributed by atoms with Crippen molar-refractivity contribution >= 4 is 5.91 Å². The van der Waals surface area contributed by atoms with Gasteiger partial charge in [-0.2, -0.15) is 13.2 Å². The molecule has 2 atom stereocenters. The van der Waals surface area contributed by atoms with Crippen molar-refractivity contribution < 1.29 is 22.7 Å². The highest BCUT2D eigenvalue weighted by molar-refractivity contribution is 5.84. The summed E-state index contributed by atoms with van der Waals surface area (Å²) in [5, 5.41) is 0. The molecule has 0 unspecified atom stereocenters. The van der Waals surface area contributed by atoms with Crippen LogP contribution in [0.2, 0.25) is 0 Å². The van der Waals surface area contributed by atoms with E-state index in [4.69, 9.17) is 4.74 Å². The fraction of sp³-hybridized carbons (Fsp3) is 0.520. The Hall–Kier alpha value is -3.15. The summed E-state index contributed by atoms with van der Waals surface area (Å²) in [7, 11) is 0. The van der Waals surface area contributed by atoms with E-state index in [9.17, 15) is 18.0 Å². The maximum atomic E-state index is 13.8. The Morgan fingerprint density at radius 3 is 2.59 bits per heavy atom. The standard InChI is InChI=1S/C25H23F3N4O2/c26-25(27,28)24-7-5-23(15-24,6-8-24)22(33)32-14-18-3-4-20(32)19-13-30-11-16(21(19)34-18)1-2-17-12-29-9-10-31-17/h9-13,18,20H,3-8,14-15H2/t18-,20-,23?,24?/m0/s1. The molecule has 2 aromatic rings. The van der Waals surface area contributed by atoms with Gasteiger partial charge >= 0.3 is 6.18 Å². The van der Waals surface area contributed by atoms with Crippen molar-refractivity contribution in [2.24, 2.45) is 10.8 Å². The van der Waals surface area contributed by atoms with Gasteiger partial charge in [0.2, 0.25) is 5.91 Å². The lowest BCUT2D eigenvalue weighted by molar-refractivity contribution is -0.220. The first-order chi connectivity index (χ1) is 16.3. The van der Waals surface area contributed by atoms with Crippen LogP contribution in [-0.2, 0) is 4.79 Å². The van der Waals surface area contributed by atoms with Crippen molar-refractivity contribution in [2.75, 3.05) is 6.54 Å². The quantitative estimate of drug-likeness (QED) is 0.587. The number of carbonyl (C=O) groups excluding carboxylic acids is 1. The second-order valence-corrected chi connectivity index (χ2v) is 9.97. The van der Waals surface area contributed by atoms with Gasteiger partial charge in [-0.05, 0) is 50.9 Å². The molecule has 1 amide bonds. The van der Waals surface area contributed by atoms with Gasteiger partial charge < -0.3 is 9.64 Å². The van der Waals surface area contributed by atoms with E-state index in [2.05, 4.69) is 26.8 Å². The molecule has 6 nitrogen and oxygen atoms in total. The van der Waals surface area contributed by atoms with Crippen molar-refractivity contribution in [1.82, 2.24) is 19.9 Å². The fourth-order valence-electron chi connectivity index (χ4n) is 6.35. The second-order valence-electron chi connectivity index (χ2n) is 9.97. The number of aromatic nitrogens is 3. The summed E-state index contributed by atoms with van der Waals surface area (Å²) >= 11 is 0. The van der Waals surface area contributed by atoms with Crippen LogP contribution in [0.15, 0.2) is 31.0 Å². The van der Waals surface area contributed by atoms with Gasteiger partial charge in [-0.25, -0.2) is 4.98 Å². The van der Waals surface area contributed by atoms with Crippen LogP contribution in [0.5, 0.6) is 5.75 Å². The molecule has 1 saturated heterocycles. The highest BCUT2D eigenvalue weighted by Gasteiger charge is 2.69. The predicted molar refractivity (Wildman–Crippen MR) is 114 cm³/mol. The Morgan fingerprint density at radius 1 is 1.06 bits per heavy atom. The number of pyridine rings is 1. The molecule has 3 fully saturated rings. The normalized spacial score (nSPS) is 31.3. The molecule has 5 aliphatic rings. The Kier molecular flexibility index (Phi) is 4.67. The van der Waals surface area contributed by atoms with Crippen LogP contribution in [0, 0.1) is 22.7 Å². The third kappa shape index (κ3) is 3.18. The molecule has 0 spiro atoms. The number of ether oxygens (including phenoxy) is 1. The zero-order chi connectivity index (χ0) is 23.6. The molecule has 7 rings (SSSR count). The number of hydrogen-bond acceptors (Lipinski definition) is 5. The monoisotopic (exact) mass is 468 g/mol. The molecule has 0 aromatic carbocycles. The van der Waals surface area contributed by atoms with Crippen LogP contribution in [-0.4, -0.2) is 44.6 Å². The van der Waals surface area contributed by atoms with Crippen LogP contribution in [0.3, 0.4) is 0 Å².